The van der Waals surface area contributed by atoms with Crippen molar-refractivity contribution in [3.63, 3.8) is 0 Å². The third-order valence-electron chi connectivity index (χ3n) is 2.39. The Hall–Kier alpha value is -2.12. The molecule has 1 aromatic rings. The number of hydrogen-bond acceptors (Lipinski definition) is 2. The Labute approximate surface area is 104 Å². The van der Waals surface area contributed by atoms with Gasteiger partial charge in [-0.1, -0.05) is 0 Å². The molecule has 19 heavy (non-hydrogen) atoms. The number of rotatable bonds is 5. The van der Waals surface area contributed by atoms with E-state index < -0.39 is 59.2 Å². The zero-order valence-electron chi connectivity index (χ0n) is 9.34. The number of hydrogen-bond donors (Lipinski definition) is 2. The van der Waals surface area contributed by atoms with Gasteiger partial charge >= 0.3 is 11.9 Å². The lowest BCUT2D eigenvalue weighted by molar-refractivity contribution is -0.137. The summed E-state index contributed by atoms with van der Waals surface area (Å²) in [5.41, 5.74) is -2.71. The van der Waals surface area contributed by atoms with Crippen LogP contribution in [0.1, 0.15) is 28.8 Å². The average molecular weight is 280 g/mol. The van der Waals surface area contributed by atoms with Crippen molar-refractivity contribution < 1.29 is 37.4 Å². The van der Waals surface area contributed by atoms with Crippen LogP contribution in [0, 0.1) is 23.3 Å². The molecular formula is C11H8F4O4. The van der Waals surface area contributed by atoms with Crippen molar-refractivity contribution >= 4 is 11.9 Å². The minimum Gasteiger partial charge on any atom is -0.481 e. The van der Waals surface area contributed by atoms with Crippen LogP contribution >= 0.6 is 0 Å². The van der Waals surface area contributed by atoms with Gasteiger partial charge in [0.2, 0.25) is 0 Å². The molecule has 4 nitrogen and oxygen atoms in total. The van der Waals surface area contributed by atoms with E-state index in [1.807, 2.05) is 0 Å². The van der Waals surface area contributed by atoms with Crippen LogP contribution in [-0.2, 0) is 11.2 Å². The van der Waals surface area contributed by atoms with E-state index in [1.165, 1.54) is 0 Å². The van der Waals surface area contributed by atoms with Crippen LogP contribution in [0.25, 0.3) is 0 Å². The Morgan fingerprint density at radius 3 is 1.74 bits per heavy atom. The van der Waals surface area contributed by atoms with Crippen LogP contribution in [0.5, 0.6) is 0 Å². The molecule has 0 radical (unpaired) electrons. The van der Waals surface area contributed by atoms with Crippen LogP contribution in [0.2, 0.25) is 0 Å². The molecule has 0 aliphatic heterocycles. The van der Waals surface area contributed by atoms with Gasteiger partial charge in [-0.3, -0.25) is 4.79 Å². The summed E-state index contributed by atoms with van der Waals surface area (Å²) in [5, 5.41) is 16.8. The van der Waals surface area contributed by atoms with Gasteiger partial charge in [0.1, 0.15) is 5.56 Å². The van der Waals surface area contributed by atoms with Crippen LogP contribution in [-0.4, -0.2) is 22.2 Å². The first-order chi connectivity index (χ1) is 8.77. The van der Waals surface area contributed by atoms with Gasteiger partial charge in [0.25, 0.3) is 0 Å². The molecule has 0 saturated heterocycles. The fourth-order valence-electron chi connectivity index (χ4n) is 1.50. The van der Waals surface area contributed by atoms with E-state index in [0.717, 1.165) is 0 Å². The third-order valence-corrected chi connectivity index (χ3v) is 2.39. The molecule has 1 rings (SSSR count). The second kappa shape index (κ2) is 5.68. The molecule has 0 fully saturated rings. The molecule has 0 atom stereocenters. The monoisotopic (exact) mass is 280 g/mol. The Morgan fingerprint density at radius 2 is 1.37 bits per heavy atom. The smallest absolute Gasteiger partial charge is 0.341 e. The summed E-state index contributed by atoms with van der Waals surface area (Å²) < 4.78 is 53.3. The summed E-state index contributed by atoms with van der Waals surface area (Å²) in [5.74, 6) is -11.0. The lowest BCUT2D eigenvalue weighted by Gasteiger charge is -2.09. The molecule has 0 aliphatic carbocycles. The first-order valence-electron chi connectivity index (χ1n) is 5.07. The van der Waals surface area contributed by atoms with Crippen molar-refractivity contribution in [2.75, 3.05) is 0 Å². The van der Waals surface area contributed by atoms with Crippen molar-refractivity contribution in [2.24, 2.45) is 0 Å². The number of halogens is 4. The Balaban J connectivity index is 3.20. The first kappa shape index (κ1) is 14.9. The zero-order chi connectivity index (χ0) is 14.7. The summed E-state index contributed by atoms with van der Waals surface area (Å²) >= 11 is 0. The zero-order valence-corrected chi connectivity index (χ0v) is 9.34. The Bertz CT molecular complexity index is 513. The molecule has 2 N–H and O–H groups in total. The summed E-state index contributed by atoms with van der Waals surface area (Å²) in [6.45, 7) is 0. The maximum atomic E-state index is 13.4. The quantitative estimate of drug-likeness (QED) is 0.641. The number of carbonyl (C=O) groups is 2. The van der Waals surface area contributed by atoms with E-state index in [0.29, 0.717) is 0 Å². The number of benzene rings is 1. The number of aliphatic carboxylic acids is 1. The standard InChI is InChI=1S/C11H8F4O4/c12-7-4(2-1-3-5(16)17)8(13)10(15)6(9(7)14)11(18)19/h1-3H2,(H,16,17)(H,18,19). The second-order valence-corrected chi connectivity index (χ2v) is 3.66. The molecule has 104 valence electrons. The molecule has 0 aromatic heterocycles. The van der Waals surface area contributed by atoms with Gasteiger partial charge in [0.15, 0.2) is 23.3 Å². The number of carboxylic acid groups (broad SMARTS) is 2. The Kier molecular flexibility index (Phi) is 4.47. The van der Waals surface area contributed by atoms with Gasteiger partial charge in [0, 0.05) is 12.0 Å². The van der Waals surface area contributed by atoms with E-state index in [9.17, 15) is 27.2 Å². The number of carboxylic acids is 2. The summed E-state index contributed by atoms with van der Waals surface area (Å²) in [6.07, 6.45) is -1.24. The highest BCUT2D eigenvalue weighted by atomic mass is 19.2. The Morgan fingerprint density at radius 1 is 0.895 bits per heavy atom. The first-order valence-corrected chi connectivity index (χ1v) is 5.07. The average Bonchev–Trinajstić information content (AvgIpc) is 2.30. The predicted octanol–water partition coefficient (Wildman–Crippen LogP) is 2.35. The van der Waals surface area contributed by atoms with E-state index in [2.05, 4.69) is 0 Å². The third kappa shape index (κ3) is 3.01. The molecule has 0 bridgehead atoms. The largest absolute Gasteiger partial charge is 0.481 e. The summed E-state index contributed by atoms with van der Waals surface area (Å²) in [7, 11) is 0. The van der Waals surface area contributed by atoms with Gasteiger partial charge in [0.05, 0.1) is 0 Å². The second-order valence-electron chi connectivity index (χ2n) is 3.66. The molecule has 0 spiro atoms. The molecule has 0 aliphatic rings. The highest BCUT2D eigenvalue weighted by molar-refractivity contribution is 5.88. The molecule has 8 heteroatoms. The molecule has 0 amide bonds. The van der Waals surface area contributed by atoms with E-state index in [4.69, 9.17) is 10.2 Å². The fraction of sp³-hybridized carbons (Fsp3) is 0.273. The highest BCUT2D eigenvalue weighted by Gasteiger charge is 2.28. The van der Waals surface area contributed by atoms with Crippen molar-refractivity contribution in [3.8, 4) is 0 Å². The van der Waals surface area contributed by atoms with Gasteiger partial charge in [-0.25, -0.2) is 22.4 Å². The minimum atomic E-state index is -2.13. The van der Waals surface area contributed by atoms with Crippen molar-refractivity contribution in [2.45, 2.75) is 19.3 Å². The van der Waals surface area contributed by atoms with Crippen LogP contribution in [0.3, 0.4) is 0 Å². The maximum absolute atomic E-state index is 13.4. The van der Waals surface area contributed by atoms with E-state index in [1.54, 1.807) is 0 Å². The van der Waals surface area contributed by atoms with Crippen molar-refractivity contribution in [3.05, 3.63) is 34.4 Å². The van der Waals surface area contributed by atoms with Gasteiger partial charge in [-0.2, -0.15) is 0 Å². The van der Waals surface area contributed by atoms with Crippen molar-refractivity contribution in [1.82, 2.24) is 0 Å². The van der Waals surface area contributed by atoms with Crippen LogP contribution in [0.15, 0.2) is 0 Å². The number of aromatic carboxylic acids is 1. The SMILES string of the molecule is O=C(O)CCCc1c(F)c(F)c(C(=O)O)c(F)c1F. The predicted molar refractivity (Wildman–Crippen MR) is 53.8 cm³/mol. The molecule has 1 aromatic carbocycles. The van der Waals surface area contributed by atoms with Gasteiger partial charge < -0.3 is 10.2 Å². The highest BCUT2D eigenvalue weighted by Crippen LogP contribution is 2.25. The lowest BCUT2D eigenvalue weighted by atomic mass is 10.0. The van der Waals surface area contributed by atoms with Crippen LogP contribution < -0.4 is 0 Å². The summed E-state index contributed by atoms with van der Waals surface area (Å²) in [4.78, 5) is 20.7. The van der Waals surface area contributed by atoms with E-state index >= 15 is 0 Å². The van der Waals surface area contributed by atoms with Gasteiger partial charge in [-0.05, 0) is 12.8 Å². The van der Waals surface area contributed by atoms with E-state index in [-0.39, 0.29) is 6.42 Å². The molecule has 0 heterocycles. The van der Waals surface area contributed by atoms with Gasteiger partial charge in [-0.15, -0.1) is 0 Å². The van der Waals surface area contributed by atoms with Crippen molar-refractivity contribution in [1.29, 1.82) is 0 Å². The summed E-state index contributed by atoms with van der Waals surface area (Å²) in [6, 6.07) is 0. The fourth-order valence-corrected chi connectivity index (χ4v) is 1.50. The normalized spacial score (nSPS) is 10.5. The maximum Gasteiger partial charge on any atom is 0.341 e. The lowest BCUT2D eigenvalue weighted by Crippen LogP contribution is -2.13. The molecule has 0 saturated carbocycles. The minimum absolute atomic E-state index is 0.242. The van der Waals surface area contributed by atoms with Crippen LogP contribution in [0.4, 0.5) is 17.6 Å². The molecular weight excluding hydrogens is 272 g/mol. The topological polar surface area (TPSA) is 74.6 Å². The molecule has 0 unspecified atom stereocenters.